The van der Waals surface area contributed by atoms with E-state index in [1.165, 1.54) is 11.1 Å². The molecule has 3 N–H and O–H groups in total. The fraction of sp³-hybridized carbons (Fsp3) is 0.364. The fourth-order valence-electron chi connectivity index (χ4n) is 3.13. The van der Waals surface area contributed by atoms with Crippen LogP contribution in [0.5, 0.6) is 5.75 Å². The zero-order valence-corrected chi connectivity index (χ0v) is 16.3. The van der Waals surface area contributed by atoms with Crippen molar-refractivity contribution in [1.82, 2.24) is 16.0 Å². The highest BCUT2D eigenvalue weighted by Crippen LogP contribution is 2.25. The van der Waals surface area contributed by atoms with E-state index in [0.29, 0.717) is 12.1 Å². The van der Waals surface area contributed by atoms with Gasteiger partial charge in [-0.15, -0.1) is 0 Å². The zero-order chi connectivity index (χ0) is 19.6. The molecular weight excluding hydrogens is 352 g/mol. The monoisotopic (exact) mass is 380 g/mol. The van der Waals surface area contributed by atoms with Gasteiger partial charge < -0.3 is 20.7 Å². The third kappa shape index (κ3) is 5.74. The number of fused-ring (bicyclic) bond motifs is 1. The number of carbonyl (C=O) groups excluding carboxylic acids is 1. The molecule has 1 heterocycles. The quantitative estimate of drug-likeness (QED) is 0.373. The Morgan fingerprint density at radius 1 is 1.04 bits per heavy atom. The number of nitrogens with one attached hydrogen (secondary N) is 3. The van der Waals surface area contributed by atoms with Gasteiger partial charge in [0.25, 0.3) is 5.91 Å². The van der Waals surface area contributed by atoms with E-state index in [1.54, 1.807) is 7.05 Å². The van der Waals surface area contributed by atoms with Crippen LogP contribution in [0.2, 0.25) is 0 Å². The minimum atomic E-state index is -0.0390. The van der Waals surface area contributed by atoms with Crippen molar-refractivity contribution in [3.8, 4) is 5.75 Å². The second-order valence-corrected chi connectivity index (χ2v) is 6.69. The van der Waals surface area contributed by atoms with Gasteiger partial charge in [-0.2, -0.15) is 0 Å². The first kappa shape index (κ1) is 19.7. The topological polar surface area (TPSA) is 74.8 Å². The van der Waals surface area contributed by atoms with Crippen LogP contribution >= 0.6 is 0 Å². The number of nitrogens with zero attached hydrogens (tertiary/aromatic N) is 1. The van der Waals surface area contributed by atoms with Gasteiger partial charge in [-0.1, -0.05) is 30.3 Å². The number of ether oxygens (including phenoxy) is 1. The molecule has 0 aromatic heterocycles. The molecule has 0 radical (unpaired) electrons. The van der Waals surface area contributed by atoms with Gasteiger partial charge >= 0.3 is 0 Å². The van der Waals surface area contributed by atoms with Crippen LogP contribution in [0, 0.1) is 0 Å². The van der Waals surface area contributed by atoms with Gasteiger partial charge in [0.2, 0.25) is 0 Å². The first-order valence-electron chi connectivity index (χ1n) is 9.78. The van der Waals surface area contributed by atoms with Crippen LogP contribution in [0.3, 0.4) is 0 Å². The number of benzene rings is 2. The lowest BCUT2D eigenvalue weighted by Gasteiger charge is -2.12. The van der Waals surface area contributed by atoms with E-state index in [4.69, 9.17) is 4.74 Å². The highest BCUT2D eigenvalue weighted by Gasteiger charge is 2.11. The Labute approximate surface area is 166 Å². The van der Waals surface area contributed by atoms with E-state index in [1.807, 2.05) is 30.3 Å². The molecule has 0 spiro atoms. The van der Waals surface area contributed by atoms with Gasteiger partial charge in [0.15, 0.2) is 5.96 Å². The maximum Gasteiger partial charge on any atom is 0.251 e. The van der Waals surface area contributed by atoms with Gasteiger partial charge in [-0.05, 0) is 42.2 Å². The highest BCUT2D eigenvalue weighted by molar-refractivity contribution is 5.94. The van der Waals surface area contributed by atoms with Crippen LogP contribution in [-0.4, -0.2) is 45.2 Å². The molecule has 0 aliphatic carbocycles. The van der Waals surface area contributed by atoms with Gasteiger partial charge in [0.1, 0.15) is 5.75 Å². The summed E-state index contributed by atoms with van der Waals surface area (Å²) in [7, 11) is 1.76. The fourth-order valence-corrected chi connectivity index (χ4v) is 3.13. The molecule has 3 rings (SSSR count). The van der Waals surface area contributed by atoms with Crippen LogP contribution in [-0.2, 0) is 12.8 Å². The van der Waals surface area contributed by atoms with Crippen molar-refractivity contribution in [2.45, 2.75) is 19.3 Å². The molecule has 1 amide bonds. The second kappa shape index (κ2) is 10.3. The van der Waals surface area contributed by atoms with Crippen molar-refractivity contribution >= 4 is 11.9 Å². The molecule has 148 valence electrons. The van der Waals surface area contributed by atoms with E-state index < -0.39 is 0 Å². The lowest BCUT2D eigenvalue weighted by atomic mass is 10.1. The Hall–Kier alpha value is -3.02. The minimum Gasteiger partial charge on any atom is -0.493 e. The predicted octanol–water partition coefficient (Wildman–Crippen LogP) is 2.15. The molecule has 1 aliphatic rings. The summed E-state index contributed by atoms with van der Waals surface area (Å²) in [4.78, 5) is 16.2. The molecule has 2 aromatic carbocycles. The molecule has 6 nitrogen and oxygen atoms in total. The van der Waals surface area contributed by atoms with Crippen LogP contribution in [0.25, 0.3) is 0 Å². The summed E-state index contributed by atoms with van der Waals surface area (Å²) in [6.07, 6.45) is 2.76. The number of rotatable bonds is 8. The van der Waals surface area contributed by atoms with E-state index in [9.17, 15) is 4.79 Å². The number of amides is 1. The first-order chi connectivity index (χ1) is 13.8. The Bertz CT molecular complexity index is 805. The van der Waals surface area contributed by atoms with Crippen LogP contribution in [0.4, 0.5) is 0 Å². The molecule has 1 aliphatic heterocycles. The maximum atomic E-state index is 12.0. The molecule has 0 atom stereocenters. The lowest BCUT2D eigenvalue weighted by molar-refractivity contribution is 0.0953. The molecule has 0 saturated carbocycles. The number of carbonyl (C=O) groups is 1. The summed E-state index contributed by atoms with van der Waals surface area (Å²) < 4.78 is 5.55. The van der Waals surface area contributed by atoms with Crippen molar-refractivity contribution in [1.29, 1.82) is 0 Å². The average Bonchev–Trinajstić information content (AvgIpc) is 3.20. The third-order valence-electron chi connectivity index (χ3n) is 4.65. The van der Waals surface area contributed by atoms with E-state index in [-0.39, 0.29) is 5.91 Å². The van der Waals surface area contributed by atoms with Crippen molar-refractivity contribution in [3.05, 3.63) is 65.2 Å². The Morgan fingerprint density at radius 2 is 1.82 bits per heavy atom. The minimum absolute atomic E-state index is 0.0390. The van der Waals surface area contributed by atoms with E-state index in [2.05, 4.69) is 39.1 Å². The molecule has 0 fully saturated rings. The number of hydrogen-bond donors (Lipinski definition) is 3. The Kier molecular flexibility index (Phi) is 7.29. The van der Waals surface area contributed by atoms with Crippen molar-refractivity contribution in [2.24, 2.45) is 4.99 Å². The van der Waals surface area contributed by atoms with E-state index >= 15 is 0 Å². The second-order valence-electron chi connectivity index (χ2n) is 6.69. The van der Waals surface area contributed by atoms with Crippen LogP contribution in [0.1, 0.15) is 27.9 Å². The van der Waals surface area contributed by atoms with Gasteiger partial charge in [0, 0.05) is 38.7 Å². The zero-order valence-electron chi connectivity index (χ0n) is 16.3. The van der Waals surface area contributed by atoms with Gasteiger partial charge in [0.05, 0.1) is 6.61 Å². The molecule has 0 unspecified atom stereocenters. The SMILES string of the molecule is CN=C(NCCCNC(=O)c1ccccc1)NCCc1ccc2c(c1)CCO2. The first-order valence-corrected chi connectivity index (χ1v) is 9.78. The molecular formula is C22H28N4O2. The highest BCUT2D eigenvalue weighted by atomic mass is 16.5. The van der Waals surface area contributed by atoms with Crippen LogP contribution in [0.15, 0.2) is 53.5 Å². The number of hydrogen-bond acceptors (Lipinski definition) is 3. The Balaban J connectivity index is 1.30. The van der Waals surface area contributed by atoms with Gasteiger partial charge in [-0.3, -0.25) is 9.79 Å². The summed E-state index contributed by atoms with van der Waals surface area (Å²) in [5.74, 6) is 1.76. The van der Waals surface area contributed by atoms with Crippen molar-refractivity contribution < 1.29 is 9.53 Å². The van der Waals surface area contributed by atoms with Crippen molar-refractivity contribution in [2.75, 3.05) is 33.3 Å². The molecule has 2 aromatic rings. The van der Waals surface area contributed by atoms with Crippen LogP contribution < -0.4 is 20.7 Å². The molecule has 0 bridgehead atoms. The summed E-state index contributed by atoms with van der Waals surface area (Å²) >= 11 is 0. The normalized spacial score (nSPS) is 12.8. The molecule has 0 saturated heterocycles. The predicted molar refractivity (Wildman–Crippen MR) is 112 cm³/mol. The summed E-state index contributed by atoms with van der Waals surface area (Å²) in [6.45, 7) is 2.96. The number of aliphatic imine (C=N–C) groups is 1. The summed E-state index contributed by atoms with van der Waals surface area (Å²) in [6, 6.07) is 15.7. The molecule has 28 heavy (non-hydrogen) atoms. The van der Waals surface area contributed by atoms with Gasteiger partial charge in [-0.25, -0.2) is 0 Å². The maximum absolute atomic E-state index is 12.0. The largest absolute Gasteiger partial charge is 0.493 e. The van der Waals surface area contributed by atoms with Crippen molar-refractivity contribution in [3.63, 3.8) is 0 Å². The summed E-state index contributed by atoms with van der Waals surface area (Å²) in [5.41, 5.74) is 3.29. The smallest absolute Gasteiger partial charge is 0.251 e. The molecule has 6 heteroatoms. The standard InChI is InChI=1S/C22H28N4O2/c1-23-22(25-13-5-12-24-21(27)18-6-3-2-4-7-18)26-14-10-17-8-9-20-19(16-17)11-15-28-20/h2-4,6-9,16H,5,10-15H2,1H3,(H,24,27)(H2,23,25,26). The lowest BCUT2D eigenvalue weighted by Crippen LogP contribution is -2.39. The number of guanidine groups is 1. The Morgan fingerprint density at radius 3 is 2.64 bits per heavy atom. The average molecular weight is 380 g/mol. The third-order valence-corrected chi connectivity index (χ3v) is 4.65. The summed E-state index contributed by atoms with van der Waals surface area (Å²) in [5, 5.41) is 9.54. The van der Waals surface area contributed by atoms with E-state index in [0.717, 1.165) is 50.7 Å².